The minimum Gasteiger partial charge on any atom is -0.482 e. The molecule has 3 N–H and O–H groups in total. The van der Waals surface area contributed by atoms with Crippen LogP contribution in [0.15, 0.2) is 40.9 Å². The number of carbonyl (C=O) groups is 2. The lowest BCUT2D eigenvalue weighted by Crippen LogP contribution is -2.25. The van der Waals surface area contributed by atoms with E-state index < -0.39 is 0 Å². The molecule has 0 bridgehead atoms. The first-order valence-electron chi connectivity index (χ1n) is 6.21. The fraction of sp³-hybridized carbons (Fsp3) is 0.0667. The van der Waals surface area contributed by atoms with E-state index in [9.17, 15) is 9.59 Å². The van der Waals surface area contributed by atoms with Crippen molar-refractivity contribution in [1.82, 2.24) is 0 Å². The van der Waals surface area contributed by atoms with E-state index in [1.807, 2.05) is 0 Å². The van der Waals surface area contributed by atoms with Gasteiger partial charge in [-0.15, -0.1) is 0 Å². The summed E-state index contributed by atoms with van der Waals surface area (Å²) < 4.78 is 5.92. The van der Waals surface area contributed by atoms with E-state index in [0.29, 0.717) is 32.7 Å². The van der Waals surface area contributed by atoms with Gasteiger partial charge in [0.1, 0.15) is 5.75 Å². The lowest BCUT2D eigenvalue weighted by Gasteiger charge is -2.19. The van der Waals surface area contributed by atoms with Crippen LogP contribution in [0.4, 0.5) is 11.4 Å². The van der Waals surface area contributed by atoms with Gasteiger partial charge in [0.25, 0.3) is 5.91 Å². The maximum absolute atomic E-state index is 12.5. The van der Waals surface area contributed by atoms with Gasteiger partial charge in [0.05, 0.1) is 5.69 Å². The Bertz CT molecular complexity index is 741. The largest absolute Gasteiger partial charge is 0.482 e. The zero-order valence-electron chi connectivity index (χ0n) is 10.9. The average molecular weight is 347 g/mol. The van der Waals surface area contributed by atoms with Gasteiger partial charge in [-0.2, -0.15) is 0 Å². The lowest BCUT2D eigenvalue weighted by molar-refractivity contribution is -0.118. The Kier molecular flexibility index (Phi) is 3.39. The molecule has 1 amide bonds. The Morgan fingerprint density at radius 2 is 1.95 bits per heavy atom. The summed E-state index contributed by atoms with van der Waals surface area (Å²) in [5.74, 6) is 0.119. The Balaban J connectivity index is 2.01. The highest BCUT2D eigenvalue weighted by Gasteiger charge is 2.21. The summed E-state index contributed by atoms with van der Waals surface area (Å²) in [5, 5.41) is 2.69. The summed E-state index contributed by atoms with van der Waals surface area (Å²) in [4.78, 5) is 23.8. The smallest absolute Gasteiger partial charge is 0.262 e. The maximum Gasteiger partial charge on any atom is 0.262 e. The number of halogens is 1. The number of nitrogens with two attached hydrogens (primary N) is 1. The number of rotatable bonds is 2. The quantitative estimate of drug-likeness (QED) is 0.646. The third kappa shape index (κ3) is 2.62. The molecule has 0 spiro atoms. The van der Waals surface area contributed by atoms with Crippen LogP contribution in [-0.2, 0) is 4.79 Å². The van der Waals surface area contributed by atoms with E-state index in [4.69, 9.17) is 10.5 Å². The third-order valence-corrected chi connectivity index (χ3v) is 3.78. The maximum atomic E-state index is 12.5. The molecule has 2 aromatic carbocycles. The summed E-state index contributed by atoms with van der Waals surface area (Å²) in [6.45, 7) is -0.0515. The number of benzene rings is 2. The van der Waals surface area contributed by atoms with Crippen LogP contribution in [0.2, 0.25) is 0 Å². The number of nitrogen functional groups attached to an aromatic ring is 1. The van der Waals surface area contributed by atoms with E-state index in [0.717, 1.165) is 0 Å². The number of hydrogen-bond acceptors (Lipinski definition) is 4. The molecule has 3 rings (SSSR count). The Hall–Kier alpha value is -2.34. The van der Waals surface area contributed by atoms with Crippen molar-refractivity contribution in [3.05, 3.63) is 52.0 Å². The molecular weight excluding hydrogens is 336 g/mol. The van der Waals surface area contributed by atoms with E-state index in [-0.39, 0.29) is 18.3 Å². The monoisotopic (exact) mass is 346 g/mol. The topological polar surface area (TPSA) is 81.4 Å². The van der Waals surface area contributed by atoms with Gasteiger partial charge in [-0.05, 0) is 52.3 Å². The Labute approximate surface area is 129 Å². The molecule has 6 heteroatoms. The molecule has 2 aromatic rings. The molecule has 0 saturated carbocycles. The second-order valence-electron chi connectivity index (χ2n) is 4.62. The number of ether oxygens (including phenoxy) is 1. The van der Waals surface area contributed by atoms with Crippen molar-refractivity contribution < 1.29 is 14.3 Å². The summed E-state index contributed by atoms with van der Waals surface area (Å²) in [7, 11) is 0. The molecule has 0 radical (unpaired) electrons. The number of hydrogen-bond donors (Lipinski definition) is 2. The van der Waals surface area contributed by atoms with E-state index >= 15 is 0 Å². The third-order valence-electron chi connectivity index (χ3n) is 3.12. The zero-order valence-corrected chi connectivity index (χ0v) is 12.4. The van der Waals surface area contributed by atoms with Crippen molar-refractivity contribution in [3.63, 3.8) is 0 Å². The van der Waals surface area contributed by atoms with Gasteiger partial charge in [0.2, 0.25) is 0 Å². The lowest BCUT2D eigenvalue weighted by atomic mass is 10.0. The number of amides is 1. The van der Waals surface area contributed by atoms with Crippen molar-refractivity contribution in [2.45, 2.75) is 0 Å². The summed E-state index contributed by atoms with van der Waals surface area (Å²) in [6.07, 6.45) is 0. The summed E-state index contributed by atoms with van der Waals surface area (Å²) in [5.41, 5.74) is 7.77. The van der Waals surface area contributed by atoms with Crippen LogP contribution in [0.3, 0.4) is 0 Å². The van der Waals surface area contributed by atoms with Gasteiger partial charge in [-0.25, -0.2) is 0 Å². The molecule has 0 atom stereocenters. The highest BCUT2D eigenvalue weighted by atomic mass is 79.9. The predicted octanol–water partition coefficient (Wildman–Crippen LogP) is 2.59. The first kappa shape index (κ1) is 13.6. The molecule has 0 unspecified atom stereocenters. The summed E-state index contributed by atoms with van der Waals surface area (Å²) >= 11 is 3.36. The molecular formula is C15H11BrN2O3. The average Bonchev–Trinajstić information content (AvgIpc) is 2.46. The number of ketones is 1. The molecule has 21 heavy (non-hydrogen) atoms. The van der Waals surface area contributed by atoms with Crippen LogP contribution in [0.1, 0.15) is 15.9 Å². The van der Waals surface area contributed by atoms with E-state index in [2.05, 4.69) is 21.2 Å². The normalized spacial score (nSPS) is 13.1. The highest BCUT2D eigenvalue weighted by Crippen LogP contribution is 2.34. The number of anilines is 2. The molecule has 1 heterocycles. The van der Waals surface area contributed by atoms with Crippen LogP contribution in [0.5, 0.6) is 5.75 Å². The molecule has 0 aromatic heterocycles. The number of fused-ring (bicyclic) bond motifs is 1. The van der Waals surface area contributed by atoms with E-state index in [1.165, 1.54) is 0 Å². The minimum atomic E-state index is -0.216. The Morgan fingerprint density at radius 3 is 2.67 bits per heavy atom. The molecule has 0 fully saturated rings. The fourth-order valence-corrected chi connectivity index (χ4v) is 2.59. The molecule has 1 aliphatic heterocycles. The van der Waals surface area contributed by atoms with Crippen molar-refractivity contribution in [1.29, 1.82) is 0 Å². The van der Waals surface area contributed by atoms with Gasteiger partial charge < -0.3 is 15.8 Å². The zero-order chi connectivity index (χ0) is 15.0. The molecule has 1 aliphatic rings. The number of carbonyl (C=O) groups excluding carboxylic acids is 2. The van der Waals surface area contributed by atoms with Crippen LogP contribution >= 0.6 is 15.9 Å². The van der Waals surface area contributed by atoms with Crippen LogP contribution < -0.4 is 15.8 Å². The van der Waals surface area contributed by atoms with Gasteiger partial charge in [0, 0.05) is 21.3 Å². The van der Waals surface area contributed by atoms with Gasteiger partial charge in [0.15, 0.2) is 12.4 Å². The van der Waals surface area contributed by atoms with Crippen molar-refractivity contribution in [2.75, 3.05) is 17.7 Å². The standard InChI is InChI=1S/C15H11BrN2O3/c16-11-6-12-13(21-7-14(19)18-12)5-10(11)15(20)8-1-3-9(17)4-2-8/h1-6H,7,17H2,(H,18,19). The molecule has 106 valence electrons. The van der Waals surface area contributed by atoms with Gasteiger partial charge >= 0.3 is 0 Å². The predicted molar refractivity (Wildman–Crippen MR) is 82.6 cm³/mol. The highest BCUT2D eigenvalue weighted by molar-refractivity contribution is 9.10. The summed E-state index contributed by atoms with van der Waals surface area (Å²) in [6, 6.07) is 9.99. The fourth-order valence-electron chi connectivity index (χ4n) is 2.06. The van der Waals surface area contributed by atoms with Crippen LogP contribution in [0.25, 0.3) is 0 Å². The molecule has 0 saturated heterocycles. The van der Waals surface area contributed by atoms with E-state index in [1.54, 1.807) is 36.4 Å². The number of nitrogens with one attached hydrogen (secondary N) is 1. The minimum absolute atomic E-state index is 0.0515. The second kappa shape index (κ2) is 5.21. The first-order chi connectivity index (χ1) is 10.0. The molecule has 5 nitrogen and oxygen atoms in total. The van der Waals surface area contributed by atoms with Gasteiger partial charge in [-0.3, -0.25) is 9.59 Å². The first-order valence-corrected chi connectivity index (χ1v) is 7.00. The SMILES string of the molecule is Nc1ccc(C(=O)c2cc3c(cc2Br)NC(=O)CO3)cc1. The van der Waals surface area contributed by atoms with Crippen molar-refractivity contribution >= 4 is 39.0 Å². The molecule has 0 aliphatic carbocycles. The van der Waals surface area contributed by atoms with Crippen LogP contribution in [0, 0.1) is 0 Å². The Morgan fingerprint density at radius 1 is 1.24 bits per heavy atom. The van der Waals surface area contributed by atoms with Gasteiger partial charge in [-0.1, -0.05) is 0 Å². The van der Waals surface area contributed by atoms with Crippen LogP contribution in [-0.4, -0.2) is 18.3 Å². The second-order valence-corrected chi connectivity index (χ2v) is 5.47. The van der Waals surface area contributed by atoms with Crippen molar-refractivity contribution in [2.24, 2.45) is 0 Å². The van der Waals surface area contributed by atoms with Crippen molar-refractivity contribution in [3.8, 4) is 5.75 Å².